The Labute approximate surface area is 160 Å². The van der Waals surface area contributed by atoms with Gasteiger partial charge < -0.3 is 25.4 Å². The minimum Gasteiger partial charge on any atom is -0.389 e. The SMILES string of the molecule is CC(N)COC1CCN([C@@H]2CCN(c3ncc(C(F)(F)F)cn3)C[C@H]2O)C1=O. The third-order valence-electron chi connectivity index (χ3n) is 4.95. The molecule has 8 nitrogen and oxygen atoms in total. The van der Waals surface area contributed by atoms with Gasteiger partial charge in [-0.3, -0.25) is 4.79 Å². The van der Waals surface area contributed by atoms with E-state index in [9.17, 15) is 23.1 Å². The summed E-state index contributed by atoms with van der Waals surface area (Å²) in [7, 11) is 0. The Morgan fingerprint density at radius 1 is 1.32 bits per heavy atom. The number of nitrogens with two attached hydrogens (primary N) is 1. The van der Waals surface area contributed by atoms with Crippen LogP contribution in [0.5, 0.6) is 0 Å². The molecule has 1 aromatic heterocycles. The summed E-state index contributed by atoms with van der Waals surface area (Å²) >= 11 is 0. The summed E-state index contributed by atoms with van der Waals surface area (Å²) < 4.78 is 43.4. The van der Waals surface area contributed by atoms with Crippen molar-refractivity contribution in [3.05, 3.63) is 18.0 Å². The van der Waals surface area contributed by atoms with E-state index in [4.69, 9.17) is 10.5 Å². The molecular weight excluding hydrogens is 379 g/mol. The van der Waals surface area contributed by atoms with Crippen molar-refractivity contribution in [2.24, 2.45) is 5.73 Å². The van der Waals surface area contributed by atoms with Crippen molar-refractivity contribution in [2.75, 3.05) is 31.1 Å². The van der Waals surface area contributed by atoms with Crippen LogP contribution in [0.4, 0.5) is 19.1 Å². The summed E-state index contributed by atoms with van der Waals surface area (Å²) in [5, 5.41) is 10.5. The van der Waals surface area contributed by atoms with Crippen LogP contribution in [0.25, 0.3) is 0 Å². The van der Waals surface area contributed by atoms with Crippen LogP contribution in [0.3, 0.4) is 0 Å². The van der Waals surface area contributed by atoms with E-state index in [2.05, 4.69) is 9.97 Å². The van der Waals surface area contributed by atoms with E-state index in [1.54, 1.807) is 16.7 Å². The molecule has 4 atom stereocenters. The zero-order chi connectivity index (χ0) is 20.5. The van der Waals surface area contributed by atoms with E-state index < -0.39 is 23.9 Å². The van der Waals surface area contributed by atoms with Gasteiger partial charge in [0.25, 0.3) is 5.91 Å². The van der Waals surface area contributed by atoms with Crippen LogP contribution in [-0.2, 0) is 15.7 Å². The van der Waals surface area contributed by atoms with E-state index in [-0.39, 0.29) is 37.1 Å². The van der Waals surface area contributed by atoms with E-state index in [1.807, 2.05) is 0 Å². The molecule has 1 amide bonds. The minimum atomic E-state index is -4.50. The number of carbonyl (C=O) groups excluding carboxylic acids is 1. The van der Waals surface area contributed by atoms with Crippen LogP contribution in [0.15, 0.2) is 12.4 Å². The average Bonchev–Trinajstić information content (AvgIpc) is 3.00. The number of piperidine rings is 1. The maximum Gasteiger partial charge on any atom is 0.419 e. The molecule has 3 N–H and O–H groups in total. The lowest BCUT2D eigenvalue weighted by Gasteiger charge is -2.40. The standard InChI is InChI=1S/C17H24F3N5O3/c1-10(21)9-28-14-3-5-25(15(14)27)12-2-4-24(8-13(12)26)16-22-6-11(7-23-16)17(18,19)20/h6-7,10,12-14,26H,2-5,8-9,21H2,1H3/t10?,12-,13-,14?/m1/s1. The molecule has 2 fully saturated rings. The molecule has 28 heavy (non-hydrogen) atoms. The molecule has 11 heteroatoms. The van der Waals surface area contributed by atoms with E-state index in [0.29, 0.717) is 25.9 Å². The van der Waals surface area contributed by atoms with Gasteiger partial charge in [0.2, 0.25) is 5.95 Å². The molecule has 0 radical (unpaired) electrons. The predicted molar refractivity (Wildman–Crippen MR) is 93.4 cm³/mol. The summed E-state index contributed by atoms with van der Waals surface area (Å²) in [6.07, 6.45) is -3.46. The molecule has 3 heterocycles. The van der Waals surface area contributed by atoms with Gasteiger partial charge in [-0.1, -0.05) is 0 Å². The average molecular weight is 403 g/mol. The molecule has 3 rings (SSSR count). The third-order valence-corrected chi connectivity index (χ3v) is 4.95. The van der Waals surface area contributed by atoms with Crippen LogP contribution >= 0.6 is 0 Å². The predicted octanol–water partition coefficient (Wildman–Crippen LogP) is 0.400. The first kappa shape index (κ1) is 20.7. The highest BCUT2D eigenvalue weighted by Crippen LogP contribution is 2.29. The summed E-state index contributed by atoms with van der Waals surface area (Å²) in [6, 6.07) is -0.540. The van der Waals surface area contributed by atoms with Crippen LogP contribution in [0, 0.1) is 0 Å². The van der Waals surface area contributed by atoms with Gasteiger partial charge in [-0.25, -0.2) is 9.97 Å². The first-order valence-electron chi connectivity index (χ1n) is 9.16. The number of hydrogen-bond donors (Lipinski definition) is 2. The van der Waals surface area contributed by atoms with Crippen LogP contribution in [0.1, 0.15) is 25.3 Å². The topological polar surface area (TPSA) is 105 Å². The lowest BCUT2D eigenvalue weighted by Crippen LogP contribution is -2.55. The fraction of sp³-hybridized carbons (Fsp3) is 0.706. The van der Waals surface area contributed by atoms with E-state index in [1.165, 1.54) is 0 Å². The summed E-state index contributed by atoms with van der Waals surface area (Å²) in [6.45, 7) is 3.12. The number of ether oxygens (including phenoxy) is 1. The molecule has 156 valence electrons. The number of carbonyl (C=O) groups is 1. The summed E-state index contributed by atoms with van der Waals surface area (Å²) in [5.74, 6) is -0.0414. The molecule has 2 aliphatic heterocycles. The van der Waals surface area contributed by atoms with Crippen LogP contribution < -0.4 is 10.6 Å². The Kier molecular flexibility index (Phi) is 6.06. The smallest absolute Gasteiger partial charge is 0.389 e. The molecule has 2 unspecified atom stereocenters. The Hall–Kier alpha value is -1.98. The second kappa shape index (κ2) is 8.18. The second-order valence-electron chi connectivity index (χ2n) is 7.26. The molecule has 0 saturated carbocycles. The molecule has 0 aromatic carbocycles. The Morgan fingerprint density at radius 2 is 2.00 bits per heavy atom. The Balaban J connectivity index is 1.59. The number of β-amino-alcohol motifs (C(OH)–C–C–N with tert-alkyl or cyclic N) is 1. The molecular formula is C17H24F3N5O3. The second-order valence-corrected chi connectivity index (χ2v) is 7.26. The van der Waals surface area contributed by atoms with Crippen molar-refractivity contribution in [1.82, 2.24) is 14.9 Å². The molecule has 0 aliphatic carbocycles. The van der Waals surface area contributed by atoms with Gasteiger partial charge in [-0.05, 0) is 13.3 Å². The normalized spacial score (nSPS) is 27.4. The van der Waals surface area contributed by atoms with Crippen LogP contribution in [0.2, 0.25) is 0 Å². The largest absolute Gasteiger partial charge is 0.419 e. The molecule has 0 bridgehead atoms. The molecule has 2 saturated heterocycles. The summed E-state index contributed by atoms with van der Waals surface area (Å²) in [5.41, 5.74) is 4.73. The Morgan fingerprint density at radius 3 is 2.57 bits per heavy atom. The fourth-order valence-corrected chi connectivity index (χ4v) is 3.52. The van der Waals surface area contributed by atoms with Gasteiger partial charge >= 0.3 is 6.18 Å². The van der Waals surface area contributed by atoms with Crippen molar-refractivity contribution < 1.29 is 27.8 Å². The van der Waals surface area contributed by atoms with Gasteiger partial charge in [0.1, 0.15) is 6.10 Å². The quantitative estimate of drug-likeness (QED) is 0.733. The molecule has 1 aromatic rings. The number of aromatic nitrogens is 2. The van der Waals surface area contributed by atoms with Crippen LogP contribution in [-0.4, -0.2) is 76.4 Å². The van der Waals surface area contributed by atoms with E-state index >= 15 is 0 Å². The monoisotopic (exact) mass is 403 g/mol. The minimum absolute atomic E-state index is 0.122. The maximum atomic E-state index is 12.6. The zero-order valence-corrected chi connectivity index (χ0v) is 15.5. The number of alkyl halides is 3. The number of rotatable bonds is 5. The van der Waals surface area contributed by atoms with Gasteiger partial charge in [0, 0.05) is 44.5 Å². The van der Waals surface area contributed by atoms with Gasteiger partial charge in [0.05, 0.1) is 24.3 Å². The van der Waals surface area contributed by atoms with Gasteiger partial charge in [-0.15, -0.1) is 0 Å². The van der Waals surface area contributed by atoms with Crippen molar-refractivity contribution in [3.63, 3.8) is 0 Å². The highest BCUT2D eigenvalue weighted by Gasteiger charge is 2.41. The van der Waals surface area contributed by atoms with Crippen molar-refractivity contribution in [2.45, 2.75) is 50.2 Å². The number of hydrogen-bond acceptors (Lipinski definition) is 7. The number of anilines is 1. The number of amides is 1. The number of likely N-dealkylation sites (tertiary alicyclic amines) is 1. The van der Waals surface area contributed by atoms with Gasteiger partial charge in [-0.2, -0.15) is 13.2 Å². The maximum absolute atomic E-state index is 12.6. The highest BCUT2D eigenvalue weighted by atomic mass is 19.4. The molecule has 2 aliphatic rings. The van der Waals surface area contributed by atoms with Crippen molar-refractivity contribution in [1.29, 1.82) is 0 Å². The highest BCUT2D eigenvalue weighted by molar-refractivity contribution is 5.83. The number of aliphatic hydroxyl groups excluding tert-OH is 1. The number of halogens is 3. The Bertz CT molecular complexity index is 686. The lowest BCUT2D eigenvalue weighted by atomic mass is 10.0. The lowest BCUT2D eigenvalue weighted by molar-refractivity contribution is -0.141. The first-order valence-corrected chi connectivity index (χ1v) is 9.16. The van der Waals surface area contributed by atoms with Crippen molar-refractivity contribution >= 4 is 11.9 Å². The number of aliphatic hydroxyl groups is 1. The van der Waals surface area contributed by atoms with Crippen molar-refractivity contribution in [3.8, 4) is 0 Å². The third kappa shape index (κ3) is 4.53. The zero-order valence-electron chi connectivity index (χ0n) is 15.5. The summed E-state index contributed by atoms with van der Waals surface area (Å²) in [4.78, 5) is 23.3. The number of nitrogens with zero attached hydrogens (tertiary/aromatic N) is 4. The first-order chi connectivity index (χ1) is 13.2. The molecule has 0 spiro atoms. The van der Waals surface area contributed by atoms with E-state index in [0.717, 1.165) is 12.4 Å². The van der Waals surface area contributed by atoms with Gasteiger partial charge in [0.15, 0.2) is 0 Å². The fourth-order valence-electron chi connectivity index (χ4n) is 3.52.